The number of carbonyl (C=O) groups excluding carboxylic acids is 1. The van der Waals surface area contributed by atoms with Gasteiger partial charge in [-0.2, -0.15) is 0 Å². The smallest absolute Gasteiger partial charge is 0.234 e. The Balaban J connectivity index is 2.23. The molecule has 70 valence electrons. The molecule has 1 unspecified atom stereocenters. The molecule has 0 aromatic rings. The predicted molar refractivity (Wildman–Crippen MR) is 45.1 cm³/mol. The normalized spacial score (nSPS) is 21.9. The Kier molecular flexibility index (Phi) is 3.64. The first kappa shape index (κ1) is 9.63. The monoisotopic (exact) mass is 192 g/mol. The lowest BCUT2D eigenvalue weighted by atomic mass is 10.3. The molecule has 0 aromatic carbocycles. The molecular formula is C6H12N2O3S. The molecule has 1 heterocycles. The van der Waals surface area contributed by atoms with E-state index in [1.54, 1.807) is 0 Å². The quantitative estimate of drug-likeness (QED) is 0.542. The highest BCUT2D eigenvalue weighted by Gasteiger charge is 2.15. The first-order valence-corrected chi connectivity index (χ1v) is 5.02. The van der Waals surface area contributed by atoms with Crippen molar-refractivity contribution in [1.29, 1.82) is 0 Å². The topological polar surface area (TPSA) is 69.6 Å². The molecule has 1 aliphatic rings. The van der Waals surface area contributed by atoms with Gasteiger partial charge in [0.2, 0.25) is 5.91 Å². The van der Waals surface area contributed by atoms with Crippen LogP contribution in [0.4, 0.5) is 0 Å². The van der Waals surface area contributed by atoms with Crippen LogP contribution in [0.15, 0.2) is 0 Å². The van der Waals surface area contributed by atoms with Gasteiger partial charge in [-0.1, -0.05) is 0 Å². The van der Waals surface area contributed by atoms with E-state index in [9.17, 15) is 9.00 Å². The largest absolute Gasteiger partial charge is 0.354 e. The van der Waals surface area contributed by atoms with Gasteiger partial charge in [-0.25, -0.2) is 4.21 Å². The van der Waals surface area contributed by atoms with Crippen LogP contribution in [0, 0.1) is 0 Å². The highest BCUT2D eigenvalue weighted by Crippen LogP contribution is 1.92. The molecule has 0 spiro atoms. The second-order valence-electron chi connectivity index (χ2n) is 2.65. The molecule has 1 amide bonds. The lowest BCUT2D eigenvalue weighted by Gasteiger charge is -2.25. The summed E-state index contributed by atoms with van der Waals surface area (Å²) in [5, 5.41) is 2.68. The third-order valence-electron chi connectivity index (χ3n) is 1.70. The van der Waals surface area contributed by atoms with Crippen molar-refractivity contribution in [3.8, 4) is 0 Å². The zero-order valence-electron chi connectivity index (χ0n) is 6.65. The predicted octanol–water partition coefficient (Wildman–Crippen LogP) is -1.36. The van der Waals surface area contributed by atoms with Crippen LogP contribution in [-0.4, -0.2) is 51.5 Å². The highest BCUT2D eigenvalue weighted by molar-refractivity contribution is 7.79. The van der Waals surface area contributed by atoms with E-state index in [4.69, 9.17) is 4.55 Å². The zero-order chi connectivity index (χ0) is 8.97. The maximum absolute atomic E-state index is 10.8. The maximum Gasteiger partial charge on any atom is 0.234 e. The summed E-state index contributed by atoms with van der Waals surface area (Å²) in [6, 6.07) is 0. The van der Waals surface area contributed by atoms with Crippen molar-refractivity contribution >= 4 is 17.0 Å². The fourth-order valence-corrected chi connectivity index (χ4v) is 1.50. The molecule has 0 bridgehead atoms. The molecule has 1 rings (SSSR count). The van der Waals surface area contributed by atoms with Crippen molar-refractivity contribution in [2.75, 3.05) is 31.9 Å². The van der Waals surface area contributed by atoms with Crippen molar-refractivity contribution in [2.45, 2.75) is 0 Å². The van der Waals surface area contributed by atoms with E-state index in [1.807, 2.05) is 4.90 Å². The molecular weight excluding hydrogens is 180 g/mol. The summed E-state index contributed by atoms with van der Waals surface area (Å²) in [5.41, 5.74) is 0. The van der Waals surface area contributed by atoms with E-state index in [0.717, 1.165) is 6.54 Å². The zero-order valence-corrected chi connectivity index (χ0v) is 7.47. The summed E-state index contributed by atoms with van der Waals surface area (Å²) >= 11 is -1.75. The average molecular weight is 192 g/mol. The van der Waals surface area contributed by atoms with Crippen molar-refractivity contribution in [3.05, 3.63) is 0 Å². The van der Waals surface area contributed by atoms with Crippen molar-refractivity contribution in [2.24, 2.45) is 0 Å². The standard InChI is InChI=1S/C6H12N2O3S/c9-6-5-8(2-1-7-6)3-4-12(10)11/h1-5H2,(H,7,9)(H,10,11). The molecule has 1 saturated heterocycles. The van der Waals surface area contributed by atoms with Gasteiger partial charge in [-0.15, -0.1) is 0 Å². The first-order chi connectivity index (χ1) is 5.68. The van der Waals surface area contributed by atoms with Gasteiger partial charge < -0.3 is 9.87 Å². The van der Waals surface area contributed by atoms with Crippen LogP contribution in [0.25, 0.3) is 0 Å². The minimum atomic E-state index is -1.75. The van der Waals surface area contributed by atoms with Crippen molar-refractivity contribution in [3.63, 3.8) is 0 Å². The van der Waals surface area contributed by atoms with E-state index < -0.39 is 11.1 Å². The van der Waals surface area contributed by atoms with Crippen LogP contribution >= 0.6 is 0 Å². The maximum atomic E-state index is 10.8. The summed E-state index contributed by atoms with van der Waals surface area (Å²) < 4.78 is 18.8. The molecule has 0 radical (unpaired) electrons. The molecule has 5 nitrogen and oxygen atoms in total. The van der Waals surface area contributed by atoms with Gasteiger partial charge >= 0.3 is 0 Å². The van der Waals surface area contributed by atoms with Gasteiger partial charge in [0, 0.05) is 19.6 Å². The van der Waals surface area contributed by atoms with E-state index in [1.165, 1.54) is 0 Å². The molecule has 1 fully saturated rings. The minimum absolute atomic E-state index is 0.00929. The van der Waals surface area contributed by atoms with E-state index in [-0.39, 0.29) is 11.7 Å². The van der Waals surface area contributed by atoms with Gasteiger partial charge in [-0.3, -0.25) is 9.69 Å². The Morgan fingerprint density at radius 3 is 3.00 bits per heavy atom. The molecule has 1 aliphatic heterocycles. The van der Waals surface area contributed by atoms with Gasteiger partial charge in [-0.05, 0) is 0 Å². The van der Waals surface area contributed by atoms with Crippen LogP contribution in [0.3, 0.4) is 0 Å². The number of nitrogens with one attached hydrogen (secondary N) is 1. The Hall–Kier alpha value is -0.460. The molecule has 0 aromatic heterocycles. The van der Waals surface area contributed by atoms with Crippen LogP contribution in [0.1, 0.15) is 0 Å². The Morgan fingerprint density at radius 2 is 2.42 bits per heavy atom. The van der Waals surface area contributed by atoms with Gasteiger partial charge in [0.05, 0.1) is 12.3 Å². The number of nitrogens with zero attached hydrogens (tertiary/aromatic N) is 1. The fourth-order valence-electron chi connectivity index (χ4n) is 1.09. The van der Waals surface area contributed by atoms with E-state index in [2.05, 4.69) is 5.32 Å². The molecule has 1 atom stereocenters. The summed E-state index contributed by atoms with van der Waals surface area (Å²) in [7, 11) is 0. The number of hydrogen-bond donors (Lipinski definition) is 2. The summed E-state index contributed by atoms with van der Waals surface area (Å²) in [6.45, 7) is 2.26. The summed E-state index contributed by atoms with van der Waals surface area (Å²) in [4.78, 5) is 12.7. The number of piperazine rings is 1. The Labute approximate surface area is 73.4 Å². The van der Waals surface area contributed by atoms with Crippen LogP contribution in [-0.2, 0) is 15.9 Å². The second-order valence-corrected chi connectivity index (χ2v) is 3.70. The first-order valence-electron chi connectivity index (χ1n) is 3.75. The minimum Gasteiger partial charge on any atom is -0.354 e. The lowest BCUT2D eigenvalue weighted by molar-refractivity contribution is -0.123. The van der Waals surface area contributed by atoms with Gasteiger partial charge in [0.25, 0.3) is 0 Å². The Bertz CT molecular complexity index is 197. The van der Waals surface area contributed by atoms with Crippen LogP contribution in [0.5, 0.6) is 0 Å². The van der Waals surface area contributed by atoms with Gasteiger partial charge in [0.1, 0.15) is 0 Å². The van der Waals surface area contributed by atoms with E-state index in [0.29, 0.717) is 19.6 Å². The van der Waals surface area contributed by atoms with Crippen LogP contribution in [0.2, 0.25) is 0 Å². The summed E-state index contributed by atoms with van der Waals surface area (Å²) in [6.07, 6.45) is 0. The molecule has 0 aliphatic carbocycles. The third-order valence-corrected chi connectivity index (χ3v) is 2.23. The highest BCUT2D eigenvalue weighted by atomic mass is 32.2. The fraction of sp³-hybridized carbons (Fsp3) is 0.833. The number of carbonyl (C=O) groups is 1. The molecule has 2 N–H and O–H groups in total. The number of amides is 1. The molecule has 0 saturated carbocycles. The molecule has 12 heavy (non-hydrogen) atoms. The van der Waals surface area contributed by atoms with Crippen LogP contribution < -0.4 is 5.32 Å². The third kappa shape index (κ3) is 3.29. The van der Waals surface area contributed by atoms with Gasteiger partial charge in [0.15, 0.2) is 11.1 Å². The average Bonchev–Trinajstić information content (AvgIpc) is 2.01. The van der Waals surface area contributed by atoms with E-state index >= 15 is 0 Å². The summed E-state index contributed by atoms with van der Waals surface area (Å²) in [5.74, 6) is 0.206. The SMILES string of the molecule is O=C1CN(CCS(=O)O)CCN1. The Morgan fingerprint density at radius 1 is 1.67 bits per heavy atom. The lowest BCUT2D eigenvalue weighted by Crippen LogP contribution is -2.48. The number of rotatable bonds is 3. The second kappa shape index (κ2) is 4.54. The van der Waals surface area contributed by atoms with Crippen molar-refractivity contribution in [1.82, 2.24) is 10.2 Å². The molecule has 6 heteroatoms. The van der Waals surface area contributed by atoms with Crippen molar-refractivity contribution < 1.29 is 13.6 Å². The number of hydrogen-bond acceptors (Lipinski definition) is 3.